The fourth-order valence-electron chi connectivity index (χ4n) is 0.956. The second kappa shape index (κ2) is 3.64. The minimum absolute atomic E-state index is 0.0949. The van der Waals surface area contributed by atoms with Crippen LogP contribution in [0.2, 0.25) is 0 Å². The Morgan fingerprint density at radius 2 is 1.92 bits per heavy atom. The van der Waals surface area contributed by atoms with Crippen LogP contribution in [0.1, 0.15) is 17.7 Å². The van der Waals surface area contributed by atoms with Crippen molar-refractivity contribution in [3.63, 3.8) is 0 Å². The van der Waals surface area contributed by atoms with E-state index in [9.17, 15) is 12.8 Å². The Bertz CT molecular complexity index is 402. The lowest BCUT2D eigenvalue weighted by Crippen LogP contribution is -2.04. The standard InChI is InChI=1S/C8H8ClFO2S/c1-6(13(9,11)12)7-4-2-3-5-8(7)10/h2-6H,1H3. The van der Waals surface area contributed by atoms with E-state index in [-0.39, 0.29) is 5.56 Å². The van der Waals surface area contributed by atoms with Crippen LogP contribution in [0.25, 0.3) is 0 Å². The zero-order valence-corrected chi connectivity index (χ0v) is 8.44. The van der Waals surface area contributed by atoms with Gasteiger partial charge in [0.15, 0.2) is 0 Å². The van der Waals surface area contributed by atoms with Gasteiger partial charge in [-0.15, -0.1) is 0 Å². The summed E-state index contributed by atoms with van der Waals surface area (Å²) in [4.78, 5) is 0. The molecule has 0 amide bonds. The number of hydrogen-bond acceptors (Lipinski definition) is 2. The van der Waals surface area contributed by atoms with Crippen molar-refractivity contribution in [2.24, 2.45) is 0 Å². The van der Waals surface area contributed by atoms with Crippen LogP contribution in [0.4, 0.5) is 4.39 Å². The van der Waals surface area contributed by atoms with Gasteiger partial charge in [-0.3, -0.25) is 0 Å². The lowest BCUT2D eigenvalue weighted by atomic mass is 10.1. The molecule has 0 N–H and O–H groups in total. The second-order valence-corrected chi connectivity index (χ2v) is 5.59. The Hall–Kier alpha value is -0.610. The largest absolute Gasteiger partial charge is 0.239 e. The van der Waals surface area contributed by atoms with E-state index in [4.69, 9.17) is 10.7 Å². The maximum absolute atomic E-state index is 13.0. The van der Waals surface area contributed by atoms with Crippen molar-refractivity contribution in [1.29, 1.82) is 0 Å². The van der Waals surface area contributed by atoms with Crippen LogP contribution in [0.5, 0.6) is 0 Å². The van der Waals surface area contributed by atoms with E-state index in [0.717, 1.165) is 0 Å². The minimum Gasteiger partial charge on any atom is -0.212 e. The van der Waals surface area contributed by atoms with Crippen LogP contribution < -0.4 is 0 Å². The molecule has 0 spiro atoms. The van der Waals surface area contributed by atoms with Gasteiger partial charge < -0.3 is 0 Å². The highest BCUT2D eigenvalue weighted by Crippen LogP contribution is 2.26. The number of rotatable bonds is 2. The molecule has 0 saturated heterocycles. The molecule has 72 valence electrons. The number of halogens is 2. The zero-order valence-electron chi connectivity index (χ0n) is 6.87. The molecule has 1 unspecified atom stereocenters. The first-order chi connectivity index (χ1) is 5.93. The Morgan fingerprint density at radius 3 is 2.38 bits per heavy atom. The molecule has 0 saturated carbocycles. The average molecular weight is 223 g/mol. The van der Waals surface area contributed by atoms with Gasteiger partial charge in [0.25, 0.3) is 0 Å². The fraction of sp³-hybridized carbons (Fsp3) is 0.250. The third kappa shape index (κ3) is 2.42. The van der Waals surface area contributed by atoms with Crippen LogP contribution in [0.15, 0.2) is 24.3 Å². The summed E-state index contributed by atoms with van der Waals surface area (Å²) in [5.41, 5.74) is 0.0949. The topological polar surface area (TPSA) is 34.1 Å². The molecule has 0 aliphatic heterocycles. The van der Waals surface area contributed by atoms with Gasteiger partial charge in [0, 0.05) is 16.2 Å². The van der Waals surface area contributed by atoms with Crippen molar-refractivity contribution >= 4 is 19.7 Å². The first-order valence-electron chi connectivity index (χ1n) is 3.61. The highest BCUT2D eigenvalue weighted by Gasteiger charge is 2.22. The lowest BCUT2D eigenvalue weighted by molar-refractivity contribution is 0.584. The summed E-state index contributed by atoms with van der Waals surface area (Å²) in [7, 11) is 1.35. The van der Waals surface area contributed by atoms with Gasteiger partial charge in [-0.05, 0) is 13.0 Å². The predicted octanol–water partition coefficient (Wildman–Crippen LogP) is 2.46. The Labute approximate surface area is 80.8 Å². The van der Waals surface area contributed by atoms with E-state index in [1.165, 1.54) is 25.1 Å². The fourth-order valence-corrected chi connectivity index (χ4v) is 1.74. The van der Waals surface area contributed by atoms with E-state index >= 15 is 0 Å². The van der Waals surface area contributed by atoms with Gasteiger partial charge in [-0.25, -0.2) is 12.8 Å². The van der Waals surface area contributed by atoms with Crippen molar-refractivity contribution < 1.29 is 12.8 Å². The molecule has 0 heterocycles. The van der Waals surface area contributed by atoms with Gasteiger partial charge in [0.1, 0.15) is 11.1 Å². The third-order valence-electron chi connectivity index (χ3n) is 1.77. The van der Waals surface area contributed by atoms with E-state index in [0.29, 0.717) is 0 Å². The molecule has 2 nitrogen and oxygen atoms in total. The number of hydrogen-bond donors (Lipinski definition) is 0. The van der Waals surface area contributed by atoms with Crippen LogP contribution >= 0.6 is 10.7 Å². The summed E-state index contributed by atoms with van der Waals surface area (Å²) in [6.07, 6.45) is 0. The Balaban J connectivity index is 3.17. The molecule has 1 aromatic rings. The molecule has 0 aliphatic rings. The van der Waals surface area contributed by atoms with Gasteiger partial charge in [-0.2, -0.15) is 0 Å². The van der Waals surface area contributed by atoms with Gasteiger partial charge in [-0.1, -0.05) is 18.2 Å². The summed E-state index contributed by atoms with van der Waals surface area (Å²) in [5.74, 6) is -0.556. The van der Waals surface area contributed by atoms with E-state index in [1.807, 2.05) is 0 Å². The minimum atomic E-state index is -3.75. The third-order valence-corrected chi connectivity index (χ3v) is 3.67. The summed E-state index contributed by atoms with van der Waals surface area (Å²) >= 11 is 0. The maximum atomic E-state index is 13.0. The number of benzene rings is 1. The molecule has 0 fully saturated rings. The molecule has 13 heavy (non-hydrogen) atoms. The summed E-state index contributed by atoms with van der Waals surface area (Å²) in [5, 5.41) is -1.02. The zero-order chi connectivity index (χ0) is 10.1. The van der Waals surface area contributed by atoms with Gasteiger partial charge in [0.2, 0.25) is 9.05 Å². The van der Waals surface area contributed by atoms with Crippen LogP contribution in [-0.2, 0) is 9.05 Å². The van der Waals surface area contributed by atoms with Crippen molar-refractivity contribution in [3.05, 3.63) is 35.6 Å². The molecule has 5 heteroatoms. The van der Waals surface area contributed by atoms with Gasteiger partial charge in [0.05, 0.1) is 0 Å². The average Bonchev–Trinajstić information content (AvgIpc) is 2.02. The monoisotopic (exact) mass is 222 g/mol. The van der Waals surface area contributed by atoms with Crippen molar-refractivity contribution in [2.75, 3.05) is 0 Å². The molecule has 1 atom stereocenters. The van der Waals surface area contributed by atoms with E-state index in [1.54, 1.807) is 6.07 Å². The highest BCUT2D eigenvalue weighted by atomic mass is 35.7. The van der Waals surface area contributed by atoms with Crippen LogP contribution in [-0.4, -0.2) is 8.42 Å². The highest BCUT2D eigenvalue weighted by molar-refractivity contribution is 8.13. The van der Waals surface area contributed by atoms with Crippen molar-refractivity contribution in [3.8, 4) is 0 Å². The molecule has 1 rings (SSSR count). The maximum Gasteiger partial charge on any atom is 0.239 e. The van der Waals surface area contributed by atoms with E-state index in [2.05, 4.69) is 0 Å². The Morgan fingerprint density at radius 1 is 1.38 bits per heavy atom. The van der Waals surface area contributed by atoms with Crippen molar-refractivity contribution in [2.45, 2.75) is 12.2 Å². The molecular weight excluding hydrogens is 215 g/mol. The molecular formula is C8H8ClFO2S. The molecule has 0 aromatic heterocycles. The quantitative estimate of drug-likeness (QED) is 0.721. The molecule has 0 bridgehead atoms. The SMILES string of the molecule is CC(c1ccccc1F)S(=O)(=O)Cl. The smallest absolute Gasteiger partial charge is 0.212 e. The van der Waals surface area contributed by atoms with Crippen molar-refractivity contribution in [1.82, 2.24) is 0 Å². The first kappa shape index (κ1) is 10.5. The second-order valence-electron chi connectivity index (χ2n) is 2.64. The van der Waals surface area contributed by atoms with Gasteiger partial charge >= 0.3 is 0 Å². The predicted molar refractivity (Wildman–Crippen MR) is 49.6 cm³/mol. The normalized spacial score (nSPS) is 14.1. The lowest BCUT2D eigenvalue weighted by Gasteiger charge is -2.08. The summed E-state index contributed by atoms with van der Waals surface area (Å²) < 4.78 is 34.8. The summed E-state index contributed by atoms with van der Waals surface area (Å²) in [6, 6.07) is 5.66. The summed E-state index contributed by atoms with van der Waals surface area (Å²) in [6.45, 7) is 1.35. The van der Waals surface area contributed by atoms with Crippen LogP contribution in [0, 0.1) is 5.82 Å². The van der Waals surface area contributed by atoms with Crippen LogP contribution in [0.3, 0.4) is 0 Å². The molecule has 0 radical (unpaired) electrons. The first-order valence-corrected chi connectivity index (χ1v) is 5.98. The Kier molecular flexibility index (Phi) is 2.93. The van der Waals surface area contributed by atoms with E-state index < -0.39 is 20.1 Å². The molecule has 1 aromatic carbocycles. The molecule has 0 aliphatic carbocycles.